The van der Waals surface area contributed by atoms with Crippen molar-refractivity contribution in [2.75, 3.05) is 0 Å². The van der Waals surface area contributed by atoms with Crippen molar-refractivity contribution in [2.45, 2.75) is 26.0 Å². The second-order valence-corrected chi connectivity index (χ2v) is 5.24. The highest BCUT2D eigenvalue weighted by molar-refractivity contribution is 5.82. The van der Waals surface area contributed by atoms with E-state index in [0.29, 0.717) is 0 Å². The normalized spacial score (nSPS) is 20.2. The molecule has 0 bridgehead atoms. The minimum Gasteiger partial charge on any atom is -0.460 e. The molecule has 0 saturated heterocycles. The Morgan fingerprint density at radius 3 is 2.95 bits per heavy atom. The van der Waals surface area contributed by atoms with Gasteiger partial charge in [-0.05, 0) is 19.1 Å². The van der Waals surface area contributed by atoms with Crippen LogP contribution in [-0.2, 0) is 16.1 Å². The zero-order chi connectivity index (χ0) is 15.0. The van der Waals surface area contributed by atoms with E-state index in [1.807, 2.05) is 37.3 Å². The molecule has 21 heavy (non-hydrogen) atoms. The molecule has 1 aromatic carbocycles. The van der Waals surface area contributed by atoms with E-state index in [1.54, 1.807) is 0 Å². The smallest absolute Gasteiger partial charge is 0.316 e. The molecule has 6 nitrogen and oxygen atoms in total. The maximum absolute atomic E-state index is 11.8. The first-order valence-corrected chi connectivity index (χ1v) is 6.71. The van der Waals surface area contributed by atoms with Gasteiger partial charge in [-0.2, -0.15) is 0 Å². The molecular formula is C15H14N2O4. The van der Waals surface area contributed by atoms with Gasteiger partial charge in [0.1, 0.15) is 12.5 Å². The van der Waals surface area contributed by atoms with Crippen molar-refractivity contribution in [2.24, 2.45) is 5.92 Å². The molecule has 1 fully saturated rings. The number of aryl methyl sites for hydroxylation is 1. The molecule has 6 heteroatoms. The van der Waals surface area contributed by atoms with Gasteiger partial charge >= 0.3 is 5.97 Å². The molecule has 1 saturated carbocycles. The van der Waals surface area contributed by atoms with Crippen molar-refractivity contribution in [3.05, 3.63) is 51.7 Å². The predicted octanol–water partition coefficient (Wildman–Crippen LogP) is 2.25. The van der Waals surface area contributed by atoms with Crippen LogP contribution in [0.4, 0.5) is 0 Å². The summed E-state index contributed by atoms with van der Waals surface area (Å²) >= 11 is 0. The maximum Gasteiger partial charge on any atom is 0.316 e. The number of nitro groups is 1. The van der Waals surface area contributed by atoms with E-state index in [9.17, 15) is 14.9 Å². The third kappa shape index (κ3) is 2.69. The number of ether oxygens (including phenoxy) is 1. The van der Waals surface area contributed by atoms with E-state index in [4.69, 9.17) is 4.74 Å². The van der Waals surface area contributed by atoms with Crippen LogP contribution in [0.15, 0.2) is 30.3 Å². The summed E-state index contributed by atoms with van der Waals surface area (Å²) in [5, 5.41) is 11.5. The van der Waals surface area contributed by atoms with Crippen molar-refractivity contribution in [1.29, 1.82) is 0 Å². The molecule has 1 aromatic heterocycles. The average Bonchev–Trinajstić information content (AvgIpc) is 3.25. The van der Waals surface area contributed by atoms with E-state index < -0.39 is 22.9 Å². The van der Waals surface area contributed by atoms with Gasteiger partial charge in [-0.3, -0.25) is 19.9 Å². The number of aromatic nitrogens is 1. The molecule has 0 N–H and O–H groups in total. The molecule has 1 aliphatic rings. The number of rotatable bonds is 4. The number of carbonyl (C=O) groups is 1. The first-order valence-electron chi connectivity index (χ1n) is 6.71. The number of fused-ring (bicyclic) bond motifs is 1. The van der Waals surface area contributed by atoms with Crippen molar-refractivity contribution in [3.63, 3.8) is 0 Å². The highest BCUT2D eigenvalue weighted by Gasteiger charge is 2.54. The molecule has 3 rings (SSSR count). The molecule has 0 amide bonds. The van der Waals surface area contributed by atoms with Gasteiger partial charge in [-0.15, -0.1) is 0 Å². The van der Waals surface area contributed by atoms with Crippen molar-refractivity contribution >= 4 is 16.9 Å². The van der Waals surface area contributed by atoms with Gasteiger partial charge in [0.05, 0.1) is 5.52 Å². The maximum atomic E-state index is 11.8. The molecule has 108 valence electrons. The molecule has 0 unspecified atom stereocenters. The summed E-state index contributed by atoms with van der Waals surface area (Å²) in [4.78, 5) is 26.3. The van der Waals surface area contributed by atoms with Crippen LogP contribution in [0.2, 0.25) is 0 Å². The minimum absolute atomic E-state index is 0.115. The molecule has 0 spiro atoms. The lowest BCUT2D eigenvalue weighted by Crippen LogP contribution is -2.13. The molecule has 2 atom stereocenters. The van der Waals surface area contributed by atoms with E-state index in [1.165, 1.54) is 0 Å². The number of benzene rings is 1. The Hall–Kier alpha value is -2.50. The van der Waals surface area contributed by atoms with Crippen LogP contribution in [0.3, 0.4) is 0 Å². The number of hydrogen-bond donors (Lipinski definition) is 0. The largest absolute Gasteiger partial charge is 0.460 e. The van der Waals surface area contributed by atoms with Crippen LogP contribution in [0, 0.1) is 23.0 Å². The van der Waals surface area contributed by atoms with Gasteiger partial charge in [-0.25, -0.2) is 0 Å². The number of nitrogens with zero attached hydrogens (tertiary/aromatic N) is 2. The second-order valence-electron chi connectivity index (χ2n) is 5.24. The molecular weight excluding hydrogens is 272 g/mol. The lowest BCUT2D eigenvalue weighted by atomic mass is 10.1. The lowest BCUT2D eigenvalue weighted by molar-refractivity contribution is -0.497. The number of pyridine rings is 1. The number of para-hydroxylation sites is 1. The fourth-order valence-corrected chi connectivity index (χ4v) is 2.44. The van der Waals surface area contributed by atoms with Gasteiger partial charge in [0.25, 0.3) is 0 Å². The third-order valence-electron chi connectivity index (χ3n) is 3.63. The topological polar surface area (TPSA) is 82.3 Å². The molecule has 0 radical (unpaired) electrons. The lowest BCUT2D eigenvalue weighted by Gasteiger charge is -2.08. The fourth-order valence-electron chi connectivity index (χ4n) is 2.44. The molecule has 2 aromatic rings. The highest BCUT2D eigenvalue weighted by atomic mass is 16.6. The first kappa shape index (κ1) is 13.5. The average molecular weight is 286 g/mol. The van der Waals surface area contributed by atoms with Crippen LogP contribution in [-0.4, -0.2) is 21.9 Å². The fraction of sp³-hybridized carbons (Fsp3) is 0.333. The number of carbonyl (C=O) groups excluding carboxylic acids is 1. The summed E-state index contributed by atoms with van der Waals surface area (Å²) in [7, 11) is 0. The Morgan fingerprint density at radius 1 is 1.48 bits per heavy atom. The van der Waals surface area contributed by atoms with Gasteiger partial charge in [0.15, 0.2) is 0 Å². The zero-order valence-corrected chi connectivity index (χ0v) is 11.5. The monoisotopic (exact) mass is 286 g/mol. The Morgan fingerprint density at radius 2 is 2.24 bits per heavy atom. The summed E-state index contributed by atoms with van der Waals surface area (Å²) in [6.45, 7) is 1.99. The summed E-state index contributed by atoms with van der Waals surface area (Å²) in [5.74, 6) is -1.08. The first-order chi connectivity index (χ1) is 10.1. The summed E-state index contributed by atoms with van der Waals surface area (Å²) < 4.78 is 5.22. The second kappa shape index (κ2) is 5.12. The third-order valence-corrected chi connectivity index (χ3v) is 3.63. The van der Waals surface area contributed by atoms with Crippen LogP contribution in [0.1, 0.15) is 17.7 Å². The predicted molar refractivity (Wildman–Crippen MR) is 75.2 cm³/mol. The molecule has 1 heterocycles. The van der Waals surface area contributed by atoms with Crippen molar-refractivity contribution in [1.82, 2.24) is 4.98 Å². The Labute approximate surface area is 120 Å². The van der Waals surface area contributed by atoms with E-state index in [0.717, 1.165) is 22.2 Å². The van der Waals surface area contributed by atoms with Gasteiger partial charge < -0.3 is 4.74 Å². The van der Waals surface area contributed by atoms with E-state index in [2.05, 4.69) is 4.98 Å². The standard InChI is InChI=1S/C15H14N2O4/c1-9-6-10(11-4-2-3-5-13(11)16-9)8-21-15(18)12-7-14(12)17(19)20/h2-6,12,14H,7-8H2,1H3/t12-,14-/m0/s1. The van der Waals surface area contributed by atoms with Crippen LogP contribution < -0.4 is 0 Å². The highest BCUT2D eigenvalue weighted by Crippen LogP contribution is 2.34. The van der Waals surface area contributed by atoms with Crippen LogP contribution in [0.5, 0.6) is 0 Å². The SMILES string of the molecule is Cc1cc(COC(=O)[C@H]2C[C@@H]2[N+](=O)[O-])c2ccccc2n1. The van der Waals surface area contributed by atoms with Gasteiger partial charge in [0.2, 0.25) is 6.04 Å². The Balaban J connectivity index is 1.74. The molecule has 0 aliphatic heterocycles. The van der Waals surface area contributed by atoms with Crippen molar-refractivity contribution < 1.29 is 14.5 Å². The van der Waals surface area contributed by atoms with E-state index in [-0.39, 0.29) is 13.0 Å². The van der Waals surface area contributed by atoms with Crippen LogP contribution in [0.25, 0.3) is 10.9 Å². The van der Waals surface area contributed by atoms with E-state index >= 15 is 0 Å². The Bertz CT molecular complexity index is 729. The quantitative estimate of drug-likeness (QED) is 0.489. The van der Waals surface area contributed by atoms with Gasteiger partial charge in [-0.1, -0.05) is 18.2 Å². The number of hydrogen-bond acceptors (Lipinski definition) is 5. The number of esters is 1. The van der Waals surface area contributed by atoms with Gasteiger partial charge in [0, 0.05) is 28.0 Å². The Kier molecular flexibility index (Phi) is 3.29. The minimum atomic E-state index is -0.770. The summed E-state index contributed by atoms with van der Waals surface area (Å²) in [6.07, 6.45) is 0.280. The summed E-state index contributed by atoms with van der Waals surface area (Å²) in [6, 6.07) is 8.71. The van der Waals surface area contributed by atoms with Crippen molar-refractivity contribution in [3.8, 4) is 0 Å². The van der Waals surface area contributed by atoms with Crippen LogP contribution >= 0.6 is 0 Å². The zero-order valence-electron chi connectivity index (χ0n) is 11.5. The molecule has 1 aliphatic carbocycles. The summed E-state index contributed by atoms with van der Waals surface area (Å²) in [5.41, 5.74) is 2.55.